The summed E-state index contributed by atoms with van der Waals surface area (Å²) >= 11 is 5.02. The molecule has 2 aromatic rings. The second kappa shape index (κ2) is 8.19. The first-order valence-corrected chi connectivity index (χ1v) is 8.44. The zero-order valence-corrected chi connectivity index (χ0v) is 14.0. The van der Waals surface area contributed by atoms with E-state index in [2.05, 4.69) is 31.1 Å². The molecule has 0 bridgehead atoms. The summed E-state index contributed by atoms with van der Waals surface area (Å²) in [7, 11) is 0. The largest absolute Gasteiger partial charge is 0.466 e. The van der Waals surface area contributed by atoms with Crippen molar-refractivity contribution in [1.82, 2.24) is 15.2 Å². The van der Waals surface area contributed by atoms with Crippen molar-refractivity contribution in [3.05, 3.63) is 28.7 Å². The van der Waals surface area contributed by atoms with Crippen LogP contribution in [0.15, 0.2) is 33.9 Å². The Hall–Kier alpha value is -1.34. The Bertz CT molecular complexity index is 603. The van der Waals surface area contributed by atoms with Gasteiger partial charge in [-0.25, -0.2) is 4.98 Å². The van der Waals surface area contributed by atoms with Crippen molar-refractivity contribution in [2.75, 3.05) is 12.4 Å². The molecule has 1 aromatic carbocycles. The van der Waals surface area contributed by atoms with Gasteiger partial charge in [0.1, 0.15) is 0 Å². The first-order chi connectivity index (χ1) is 10.2. The minimum Gasteiger partial charge on any atom is -0.466 e. The van der Waals surface area contributed by atoms with Crippen LogP contribution in [0.1, 0.15) is 19.8 Å². The lowest BCUT2D eigenvalue weighted by molar-refractivity contribution is -0.143. The molecule has 0 aliphatic heterocycles. The fourth-order valence-electron chi connectivity index (χ4n) is 1.70. The number of aromatic nitrogens is 3. The number of esters is 1. The van der Waals surface area contributed by atoms with Crippen molar-refractivity contribution in [2.45, 2.75) is 24.9 Å². The number of hydrogen-bond acceptors (Lipinski definition) is 5. The number of thioether (sulfide) groups is 1. The highest BCUT2D eigenvalue weighted by Gasteiger charge is 2.09. The number of nitrogens with one attached hydrogen (secondary N) is 1. The number of nitrogens with zero attached hydrogens (tertiary/aromatic N) is 2. The van der Waals surface area contributed by atoms with Gasteiger partial charge in [-0.2, -0.15) is 0 Å². The molecule has 0 amide bonds. The predicted molar refractivity (Wildman–Crippen MR) is 86.1 cm³/mol. The van der Waals surface area contributed by atoms with E-state index in [9.17, 15) is 4.79 Å². The fraction of sp³-hybridized carbons (Fsp3) is 0.357. The Morgan fingerprint density at radius 2 is 2.24 bits per heavy atom. The smallest absolute Gasteiger partial charge is 0.305 e. The molecular formula is C14H16BrN3O2S. The van der Waals surface area contributed by atoms with Crippen LogP contribution in [0.2, 0.25) is 0 Å². The maximum Gasteiger partial charge on any atom is 0.305 e. The SMILES string of the molecule is CCOC(=O)CCCSc1n[nH]c(-c2ccccc2Br)n1. The third-order valence-corrected chi connectivity index (χ3v) is 4.28. The van der Waals surface area contributed by atoms with Crippen LogP contribution in [-0.2, 0) is 9.53 Å². The highest BCUT2D eigenvalue weighted by molar-refractivity contribution is 9.10. The fourth-order valence-corrected chi connectivity index (χ4v) is 2.91. The van der Waals surface area contributed by atoms with Crippen LogP contribution >= 0.6 is 27.7 Å². The zero-order valence-electron chi connectivity index (χ0n) is 11.6. The standard InChI is InChI=1S/C14H16BrN3O2S/c1-2-20-12(19)8-5-9-21-14-16-13(17-18-14)10-6-3-4-7-11(10)15/h3-4,6-7H,2,5,8-9H2,1H3,(H,16,17,18). The third kappa shape index (κ3) is 4.86. The van der Waals surface area contributed by atoms with E-state index in [1.165, 1.54) is 11.8 Å². The van der Waals surface area contributed by atoms with E-state index in [0.717, 1.165) is 28.0 Å². The number of ether oxygens (including phenoxy) is 1. The van der Waals surface area contributed by atoms with E-state index in [4.69, 9.17) is 4.74 Å². The molecule has 112 valence electrons. The molecule has 0 fully saturated rings. The molecule has 0 aliphatic rings. The summed E-state index contributed by atoms with van der Waals surface area (Å²) in [5, 5.41) is 7.79. The maximum atomic E-state index is 11.2. The first kappa shape index (κ1) is 16.0. The molecule has 7 heteroatoms. The first-order valence-electron chi connectivity index (χ1n) is 6.66. The van der Waals surface area contributed by atoms with Gasteiger partial charge in [0.25, 0.3) is 0 Å². The van der Waals surface area contributed by atoms with E-state index < -0.39 is 0 Å². The molecule has 1 N–H and O–H groups in total. The normalized spacial score (nSPS) is 10.6. The van der Waals surface area contributed by atoms with Crippen LogP contribution in [0.4, 0.5) is 0 Å². The lowest BCUT2D eigenvalue weighted by Crippen LogP contribution is -2.03. The van der Waals surface area contributed by atoms with Crippen LogP contribution in [-0.4, -0.2) is 33.5 Å². The van der Waals surface area contributed by atoms with Crippen molar-refractivity contribution in [2.24, 2.45) is 0 Å². The van der Waals surface area contributed by atoms with Gasteiger partial charge in [-0.15, -0.1) is 5.10 Å². The lowest BCUT2D eigenvalue weighted by Gasteiger charge is -2.00. The Labute approximate surface area is 136 Å². The van der Waals surface area contributed by atoms with Crippen LogP contribution in [0.5, 0.6) is 0 Å². The second-order valence-electron chi connectivity index (χ2n) is 4.20. The Kier molecular flexibility index (Phi) is 6.25. The Morgan fingerprint density at radius 3 is 3.00 bits per heavy atom. The number of halogens is 1. The van der Waals surface area contributed by atoms with E-state index >= 15 is 0 Å². The number of carbonyl (C=O) groups excluding carboxylic acids is 1. The highest BCUT2D eigenvalue weighted by Crippen LogP contribution is 2.26. The Morgan fingerprint density at radius 1 is 1.43 bits per heavy atom. The van der Waals surface area contributed by atoms with Gasteiger partial charge in [-0.05, 0) is 19.4 Å². The molecule has 2 rings (SSSR count). The van der Waals surface area contributed by atoms with Gasteiger partial charge in [0.15, 0.2) is 5.82 Å². The number of benzene rings is 1. The van der Waals surface area contributed by atoms with Crippen molar-refractivity contribution in [3.8, 4) is 11.4 Å². The molecule has 0 saturated carbocycles. The van der Waals surface area contributed by atoms with Gasteiger partial charge < -0.3 is 4.74 Å². The Balaban J connectivity index is 1.84. The van der Waals surface area contributed by atoms with Crippen LogP contribution < -0.4 is 0 Å². The highest BCUT2D eigenvalue weighted by atomic mass is 79.9. The molecule has 0 aliphatic carbocycles. The quantitative estimate of drug-likeness (QED) is 0.458. The summed E-state index contributed by atoms with van der Waals surface area (Å²) < 4.78 is 5.85. The molecule has 1 heterocycles. The predicted octanol–water partition coefficient (Wildman–Crippen LogP) is 3.67. The molecule has 1 aromatic heterocycles. The summed E-state index contributed by atoms with van der Waals surface area (Å²) in [4.78, 5) is 15.7. The van der Waals surface area contributed by atoms with Crippen molar-refractivity contribution >= 4 is 33.7 Å². The topological polar surface area (TPSA) is 67.9 Å². The summed E-state index contributed by atoms with van der Waals surface area (Å²) in [6.07, 6.45) is 1.19. The molecule has 0 spiro atoms. The van der Waals surface area contributed by atoms with E-state index in [1.807, 2.05) is 31.2 Å². The maximum absolute atomic E-state index is 11.2. The number of aromatic amines is 1. The van der Waals surface area contributed by atoms with Crippen LogP contribution in [0.3, 0.4) is 0 Å². The summed E-state index contributed by atoms with van der Waals surface area (Å²) in [5.41, 5.74) is 0.975. The number of rotatable bonds is 7. The molecule has 0 radical (unpaired) electrons. The number of carbonyl (C=O) groups is 1. The third-order valence-electron chi connectivity index (χ3n) is 2.66. The van der Waals surface area contributed by atoms with E-state index in [0.29, 0.717) is 18.2 Å². The number of hydrogen-bond donors (Lipinski definition) is 1. The minimum absolute atomic E-state index is 0.151. The second-order valence-corrected chi connectivity index (χ2v) is 6.12. The van der Waals surface area contributed by atoms with Gasteiger partial charge in [0.05, 0.1) is 6.61 Å². The van der Waals surface area contributed by atoms with Gasteiger partial charge >= 0.3 is 5.97 Å². The van der Waals surface area contributed by atoms with E-state index in [-0.39, 0.29) is 5.97 Å². The molecule has 21 heavy (non-hydrogen) atoms. The van der Waals surface area contributed by atoms with Gasteiger partial charge in [0, 0.05) is 22.2 Å². The van der Waals surface area contributed by atoms with Crippen molar-refractivity contribution in [1.29, 1.82) is 0 Å². The lowest BCUT2D eigenvalue weighted by atomic mass is 10.2. The summed E-state index contributed by atoms with van der Waals surface area (Å²) in [6, 6.07) is 7.84. The van der Waals surface area contributed by atoms with Crippen molar-refractivity contribution in [3.63, 3.8) is 0 Å². The van der Waals surface area contributed by atoms with Crippen molar-refractivity contribution < 1.29 is 9.53 Å². The van der Waals surface area contributed by atoms with Gasteiger partial charge in [0.2, 0.25) is 5.16 Å². The molecule has 5 nitrogen and oxygen atoms in total. The summed E-state index contributed by atoms with van der Waals surface area (Å²) in [5.74, 6) is 1.36. The monoisotopic (exact) mass is 369 g/mol. The molecule has 0 saturated heterocycles. The van der Waals surface area contributed by atoms with Gasteiger partial charge in [-0.3, -0.25) is 9.89 Å². The van der Waals surface area contributed by atoms with Crippen LogP contribution in [0.25, 0.3) is 11.4 Å². The zero-order chi connectivity index (χ0) is 15.1. The van der Waals surface area contributed by atoms with Gasteiger partial charge in [-0.1, -0.05) is 45.9 Å². The average molecular weight is 370 g/mol. The van der Waals surface area contributed by atoms with Crippen LogP contribution in [0, 0.1) is 0 Å². The number of H-pyrrole nitrogens is 1. The minimum atomic E-state index is -0.151. The molecule has 0 atom stereocenters. The van der Waals surface area contributed by atoms with E-state index in [1.54, 1.807) is 0 Å². The summed E-state index contributed by atoms with van der Waals surface area (Å²) in [6.45, 7) is 2.24. The molecule has 0 unspecified atom stereocenters. The average Bonchev–Trinajstić information content (AvgIpc) is 2.93. The molecular weight excluding hydrogens is 354 g/mol.